The summed E-state index contributed by atoms with van der Waals surface area (Å²) in [7, 11) is 0. The molecule has 2 nitrogen and oxygen atoms in total. The molecule has 2 heteroatoms. The van der Waals surface area contributed by atoms with Gasteiger partial charge in [-0.15, -0.1) is 0 Å². The highest BCUT2D eigenvalue weighted by Crippen LogP contribution is 2.45. The van der Waals surface area contributed by atoms with Crippen LogP contribution in [0, 0.1) is 23.7 Å². The van der Waals surface area contributed by atoms with Gasteiger partial charge in [-0.3, -0.25) is 4.40 Å². The predicted octanol–water partition coefficient (Wildman–Crippen LogP) is 9.73. The molecular formula is C43H26N2. The summed E-state index contributed by atoms with van der Waals surface area (Å²) in [5.74, 6) is 13.2. The maximum absolute atomic E-state index is 5.13. The number of hydrogen-bond acceptors (Lipinski definition) is 1. The van der Waals surface area contributed by atoms with Crippen LogP contribution in [0.3, 0.4) is 0 Å². The number of pyridine rings is 1. The summed E-state index contributed by atoms with van der Waals surface area (Å²) in [5, 5.41) is 0. The van der Waals surface area contributed by atoms with Crippen molar-refractivity contribution in [2.45, 2.75) is 0 Å². The Morgan fingerprint density at radius 2 is 0.844 bits per heavy atom. The number of aromatic nitrogens is 2. The zero-order chi connectivity index (χ0) is 30.0. The lowest BCUT2D eigenvalue weighted by molar-refractivity contribution is 1.30. The van der Waals surface area contributed by atoms with Crippen molar-refractivity contribution < 1.29 is 0 Å². The van der Waals surface area contributed by atoms with Crippen molar-refractivity contribution in [1.82, 2.24) is 9.38 Å². The van der Waals surface area contributed by atoms with Crippen molar-refractivity contribution in [2.24, 2.45) is 0 Å². The fourth-order valence-electron chi connectivity index (χ4n) is 5.91. The zero-order valence-corrected chi connectivity index (χ0v) is 24.4. The first-order valence-electron chi connectivity index (χ1n) is 15.0. The summed E-state index contributed by atoms with van der Waals surface area (Å²) in [5.41, 5.74) is 13.8. The fraction of sp³-hybridized carbons (Fsp3) is 0. The second-order valence-corrected chi connectivity index (χ2v) is 10.9. The highest BCUT2D eigenvalue weighted by Gasteiger charge is 2.25. The van der Waals surface area contributed by atoms with E-state index in [2.05, 4.69) is 119 Å². The van der Waals surface area contributed by atoms with Gasteiger partial charge in [0.05, 0.1) is 16.7 Å². The van der Waals surface area contributed by atoms with Gasteiger partial charge in [0.1, 0.15) is 5.65 Å². The smallest absolute Gasteiger partial charge is 0.138 e. The molecule has 0 radical (unpaired) electrons. The van der Waals surface area contributed by atoms with E-state index in [9.17, 15) is 0 Å². The fourth-order valence-corrected chi connectivity index (χ4v) is 5.91. The minimum atomic E-state index is 0.935. The van der Waals surface area contributed by atoms with Crippen LogP contribution < -0.4 is 0 Å². The lowest BCUT2D eigenvalue weighted by Gasteiger charge is -2.09. The Kier molecular flexibility index (Phi) is 6.65. The molecule has 0 aliphatic rings. The molecule has 0 N–H and O–H groups in total. The molecule has 5 aromatic carbocycles. The second kappa shape index (κ2) is 11.4. The quantitative estimate of drug-likeness (QED) is 0.193. The SMILES string of the molecule is C(#Cc1ccc(-c2c(-c3ccc(C#Cc4ccccc4)cc3)c3c(-c4ccccc4)nc4cccc2n43)cc1)c1ccccc1. The topological polar surface area (TPSA) is 17.3 Å². The van der Waals surface area contributed by atoms with Gasteiger partial charge in [-0.2, -0.15) is 0 Å². The Hall–Kier alpha value is -6.35. The van der Waals surface area contributed by atoms with Crippen LogP contribution in [0.2, 0.25) is 0 Å². The third-order valence-corrected chi connectivity index (χ3v) is 8.03. The Bertz CT molecular complexity index is 2380. The third-order valence-electron chi connectivity index (χ3n) is 8.03. The van der Waals surface area contributed by atoms with Gasteiger partial charge in [-0.25, -0.2) is 4.98 Å². The first-order chi connectivity index (χ1) is 22.3. The highest BCUT2D eigenvalue weighted by atomic mass is 15.0. The molecule has 3 aromatic heterocycles. The van der Waals surface area contributed by atoms with Gasteiger partial charge in [0.2, 0.25) is 0 Å². The van der Waals surface area contributed by atoms with Crippen molar-refractivity contribution >= 4 is 16.7 Å². The predicted molar refractivity (Wildman–Crippen MR) is 185 cm³/mol. The molecule has 0 atom stereocenters. The van der Waals surface area contributed by atoms with Gasteiger partial charge in [-0.05, 0) is 71.8 Å². The number of hydrogen-bond donors (Lipinski definition) is 0. The van der Waals surface area contributed by atoms with Crippen LogP contribution in [0.25, 0.3) is 50.2 Å². The summed E-state index contributed by atoms with van der Waals surface area (Å²) in [4.78, 5) is 5.13. The number of rotatable bonds is 3. The molecule has 45 heavy (non-hydrogen) atoms. The molecule has 0 spiro atoms. The van der Waals surface area contributed by atoms with Crippen LogP contribution in [0.5, 0.6) is 0 Å². The van der Waals surface area contributed by atoms with E-state index < -0.39 is 0 Å². The summed E-state index contributed by atoms with van der Waals surface area (Å²) < 4.78 is 2.30. The normalized spacial score (nSPS) is 10.8. The van der Waals surface area contributed by atoms with Crippen LogP contribution >= 0.6 is 0 Å². The molecule has 208 valence electrons. The zero-order valence-electron chi connectivity index (χ0n) is 24.4. The molecule has 0 bridgehead atoms. The van der Waals surface area contributed by atoms with E-state index >= 15 is 0 Å². The monoisotopic (exact) mass is 570 g/mol. The second-order valence-electron chi connectivity index (χ2n) is 10.9. The van der Waals surface area contributed by atoms with Crippen molar-refractivity contribution in [3.05, 3.63) is 180 Å². The largest absolute Gasteiger partial charge is 0.291 e. The number of nitrogens with zero attached hydrogens (tertiary/aromatic N) is 2. The first kappa shape index (κ1) is 26.3. The van der Waals surface area contributed by atoms with Crippen molar-refractivity contribution in [3.63, 3.8) is 0 Å². The van der Waals surface area contributed by atoms with Crippen LogP contribution in [0.1, 0.15) is 22.3 Å². The summed E-state index contributed by atoms with van der Waals surface area (Å²) in [6.07, 6.45) is 0. The summed E-state index contributed by atoms with van der Waals surface area (Å²) in [6, 6.07) is 54.2. The lowest BCUT2D eigenvalue weighted by atomic mass is 9.94. The Morgan fingerprint density at radius 1 is 0.378 bits per heavy atom. The standard InChI is InChI=1S/C43H26N2/c1-4-11-31(12-5-1)19-21-33-23-27-35(28-24-33)40-38-17-10-18-39-44-42(37-15-8-3-9-16-37)43(45(38)39)41(40)36-29-25-34(26-30-36)22-20-32-13-6-2-7-14-32/h1-18,23-30H. The van der Waals surface area contributed by atoms with Crippen molar-refractivity contribution in [1.29, 1.82) is 0 Å². The van der Waals surface area contributed by atoms with Crippen LogP contribution in [-0.2, 0) is 0 Å². The molecule has 8 aromatic rings. The van der Waals surface area contributed by atoms with E-state index in [0.29, 0.717) is 0 Å². The molecule has 0 amide bonds. The molecule has 0 unspecified atom stereocenters. The average molecular weight is 571 g/mol. The van der Waals surface area contributed by atoms with Gasteiger partial charge >= 0.3 is 0 Å². The third kappa shape index (κ3) is 5.02. The highest BCUT2D eigenvalue weighted by molar-refractivity contribution is 6.09. The lowest BCUT2D eigenvalue weighted by Crippen LogP contribution is -1.86. The molecular weight excluding hydrogens is 544 g/mol. The summed E-state index contributed by atoms with van der Waals surface area (Å²) >= 11 is 0. The van der Waals surface area contributed by atoms with Gasteiger partial charge in [0.25, 0.3) is 0 Å². The van der Waals surface area contributed by atoms with E-state index in [4.69, 9.17) is 4.98 Å². The van der Waals surface area contributed by atoms with Gasteiger partial charge in [0.15, 0.2) is 0 Å². The summed E-state index contributed by atoms with van der Waals surface area (Å²) in [6.45, 7) is 0. The molecule has 0 fully saturated rings. The molecule has 8 rings (SSSR count). The Labute approximate surface area is 262 Å². The average Bonchev–Trinajstić information content (AvgIpc) is 3.67. The van der Waals surface area contributed by atoms with E-state index in [1.54, 1.807) is 0 Å². The van der Waals surface area contributed by atoms with Crippen LogP contribution in [0.15, 0.2) is 158 Å². The van der Waals surface area contributed by atoms with Gasteiger partial charge in [-0.1, -0.05) is 121 Å². The van der Waals surface area contributed by atoms with Crippen molar-refractivity contribution in [3.8, 4) is 57.2 Å². The van der Waals surface area contributed by atoms with Gasteiger partial charge < -0.3 is 0 Å². The Morgan fingerprint density at radius 3 is 1.38 bits per heavy atom. The molecule has 0 aliphatic carbocycles. The maximum Gasteiger partial charge on any atom is 0.138 e. The Balaban J connectivity index is 1.30. The minimum Gasteiger partial charge on any atom is -0.291 e. The van der Waals surface area contributed by atoms with Crippen LogP contribution in [0.4, 0.5) is 0 Å². The minimum absolute atomic E-state index is 0.935. The van der Waals surface area contributed by atoms with Crippen LogP contribution in [-0.4, -0.2) is 9.38 Å². The van der Waals surface area contributed by atoms with E-state index in [1.807, 2.05) is 66.7 Å². The van der Waals surface area contributed by atoms with E-state index in [0.717, 1.165) is 66.9 Å². The molecule has 0 saturated carbocycles. The van der Waals surface area contributed by atoms with E-state index in [-0.39, 0.29) is 0 Å². The maximum atomic E-state index is 5.13. The number of imidazole rings is 1. The number of benzene rings is 5. The van der Waals surface area contributed by atoms with Crippen molar-refractivity contribution in [2.75, 3.05) is 0 Å². The molecule has 0 aliphatic heterocycles. The van der Waals surface area contributed by atoms with Gasteiger partial charge in [0, 0.05) is 38.9 Å². The molecule has 3 heterocycles. The molecule has 0 saturated heterocycles. The first-order valence-corrected chi connectivity index (χ1v) is 15.0. The van der Waals surface area contributed by atoms with E-state index in [1.165, 1.54) is 5.56 Å².